The van der Waals surface area contributed by atoms with Crippen LogP contribution in [-0.2, 0) is 9.53 Å². The molecule has 0 bridgehead atoms. The number of aromatic nitrogens is 1. The summed E-state index contributed by atoms with van der Waals surface area (Å²) in [6.07, 6.45) is 3.74. The van der Waals surface area contributed by atoms with Gasteiger partial charge in [0.1, 0.15) is 6.04 Å². The number of amides is 2. The van der Waals surface area contributed by atoms with Crippen LogP contribution in [0.15, 0.2) is 54.7 Å². The molecule has 4 rings (SSSR count). The molecule has 6 nitrogen and oxygen atoms in total. The summed E-state index contributed by atoms with van der Waals surface area (Å²) in [6, 6.07) is 15.4. The number of para-hydroxylation sites is 1. The smallest absolute Gasteiger partial charge is 0.329 e. The lowest BCUT2D eigenvalue weighted by Gasteiger charge is -2.34. The van der Waals surface area contributed by atoms with Crippen molar-refractivity contribution in [3.8, 4) is 0 Å². The highest BCUT2D eigenvalue weighted by Gasteiger charge is 2.33. The minimum atomic E-state index is -0.763. The van der Waals surface area contributed by atoms with Crippen LogP contribution in [0.5, 0.6) is 0 Å². The van der Waals surface area contributed by atoms with Crippen molar-refractivity contribution < 1.29 is 14.3 Å². The fourth-order valence-corrected chi connectivity index (χ4v) is 4.83. The van der Waals surface area contributed by atoms with E-state index in [0.717, 1.165) is 29.3 Å². The minimum absolute atomic E-state index is 0.213. The number of urea groups is 1. The van der Waals surface area contributed by atoms with Crippen LogP contribution in [-0.4, -0.2) is 48.1 Å². The van der Waals surface area contributed by atoms with Crippen molar-refractivity contribution in [1.82, 2.24) is 15.2 Å². The van der Waals surface area contributed by atoms with Crippen molar-refractivity contribution >= 4 is 22.9 Å². The number of hydrogen-bond acceptors (Lipinski definition) is 3. The fraction of sp³-hybridized carbons (Fsp3) is 0.385. The van der Waals surface area contributed by atoms with Gasteiger partial charge in [-0.1, -0.05) is 49.4 Å². The van der Waals surface area contributed by atoms with Crippen LogP contribution in [0.3, 0.4) is 0 Å². The van der Waals surface area contributed by atoms with Gasteiger partial charge in [0.05, 0.1) is 7.11 Å². The standard InChI is InChI=1S/C26H31N3O3/c1-17-8-4-5-9-20(17)19-12-14-29(15-13-19)26(31)28-24(25(30)32-3)18(2)22-16-27-23-11-7-6-10-21(22)23/h4-11,16,18-19,24,27H,12-15H2,1-3H3,(H,28,31)/t18-,24+/m0/s1. The molecule has 6 heteroatoms. The molecule has 168 valence electrons. The van der Waals surface area contributed by atoms with Gasteiger partial charge < -0.3 is 19.9 Å². The molecule has 0 spiro atoms. The lowest BCUT2D eigenvalue weighted by Crippen LogP contribution is -2.52. The Morgan fingerprint density at radius 3 is 2.50 bits per heavy atom. The zero-order chi connectivity index (χ0) is 22.7. The van der Waals surface area contributed by atoms with Crippen molar-refractivity contribution in [2.45, 2.75) is 44.6 Å². The van der Waals surface area contributed by atoms with Gasteiger partial charge in [-0.25, -0.2) is 9.59 Å². The predicted molar refractivity (Wildman–Crippen MR) is 126 cm³/mol. The first kappa shape index (κ1) is 21.9. The Morgan fingerprint density at radius 1 is 1.09 bits per heavy atom. The van der Waals surface area contributed by atoms with E-state index in [-0.39, 0.29) is 11.9 Å². The van der Waals surface area contributed by atoms with Gasteiger partial charge >= 0.3 is 12.0 Å². The first-order chi connectivity index (χ1) is 15.5. The van der Waals surface area contributed by atoms with E-state index in [1.165, 1.54) is 18.2 Å². The topological polar surface area (TPSA) is 74.4 Å². The number of nitrogens with one attached hydrogen (secondary N) is 2. The van der Waals surface area contributed by atoms with E-state index in [9.17, 15) is 9.59 Å². The minimum Gasteiger partial charge on any atom is -0.467 e. The van der Waals surface area contributed by atoms with E-state index in [2.05, 4.69) is 41.5 Å². The number of likely N-dealkylation sites (tertiary alicyclic amines) is 1. The number of fused-ring (bicyclic) bond motifs is 1. The van der Waals surface area contributed by atoms with E-state index in [1.807, 2.05) is 42.3 Å². The van der Waals surface area contributed by atoms with Crippen LogP contribution in [0.1, 0.15) is 48.3 Å². The third kappa shape index (κ3) is 4.35. The summed E-state index contributed by atoms with van der Waals surface area (Å²) in [5.41, 5.74) is 4.65. The highest BCUT2D eigenvalue weighted by molar-refractivity contribution is 5.88. The Morgan fingerprint density at radius 2 is 1.78 bits per heavy atom. The number of benzene rings is 2. The molecule has 2 N–H and O–H groups in total. The maximum Gasteiger partial charge on any atom is 0.329 e. The van der Waals surface area contributed by atoms with Gasteiger partial charge in [0.25, 0.3) is 0 Å². The summed E-state index contributed by atoms with van der Waals surface area (Å²) in [4.78, 5) is 30.7. The maximum absolute atomic E-state index is 13.1. The molecule has 2 aromatic carbocycles. The second kappa shape index (κ2) is 9.47. The molecule has 1 fully saturated rings. The molecular formula is C26H31N3O3. The van der Waals surface area contributed by atoms with Gasteiger partial charge in [-0.15, -0.1) is 0 Å². The molecule has 1 aliphatic heterocycles. The van der Waals surface area contributed by atoms with E-state index in [4.69, 9.17) is 4.74 Å². The number of methoxy groups -OCH3 is 1. The van der Waals surface area contributed by atoms with Crippen molar-refractivity contribution in [2.24, 2.45) is 0 Å². The van der Waals surface area contributed by atoms with Gasteiger partial charge in [0.2, 0.25) is 0 Å². The number of piperidine rings is 1. The lowest BCUT2D eigenvalue weighted by molar-refractivity contribution is -0.143. The summed E-state index contributed by atoms with van der Waals surface area (Å²) >= 11 is 0. The zero-order valence-electron chi connectivity index (χ0n) is 18.9. The van der Waals surface area contributed by atoms with Crippen LogP contribution >= 0.6 is 0 Å². The molecule has 0 aliphatic carbocycles. The Kier molecular flexibility index (Phi) is 6.49. The summed E-state index contributed by atoms with van der Waals surface area (Å²) < 4.78 is 5.04. The third-order valence-corrected chi connectivity index (χ3v) is 6.76. The number of carbonyl (C=O) groups excluding carboxylic acids is 2. The molecule has 32 heavy (non-hydrogen) atoms. The van der Waals surface area contributed by atoms with E-state index < -0.39 is 12.0 Å². The van der Waals surface area contributed by atoms with Crippen molar-refractivity contribution in [3.63, 3.8) is 0 Å². The third-order valence-electron chi connectivity index (χ3n) is 6.76. The van der Waals surface area contributed by atoms with Gasteiger partial charge in [0.15, 0.2) is 0 Å². The van der Waals surface area contributed by atoms with E-state index in [1.54, 1.807) is 0 Å². The summed E-state index contributed by atoms with van der Waals surface area (Å²) in [5, 5.41) is 4.00. The molecule has 2 amide bonds. The number of esters is 1. The molecular weight excluding hydrogens is 402 g/mol. The number of hydrogen-bond donors (Lipinski definition) is 2. The summed E-state index contributed by atoms with van der Waals surface area (Å²) in [6.45, 7) is 5.42. The van der Waals surface area contributed by atoms with Crippen molar-refractivity contribution in [1.29, 1.82) is 0 Å². The van der Waals surface area contributed by atoms with Gasteiger partial charge in [-0.3, -0.25) is 0 Å². The Bertz CT molecular complexity index is 1100. The summed E-state index contributed by atoms with van der Waals surface area (Å²) in [5.74, 6) is -0.222. The molecule has 3 aromatic rings. The number of nitrogens with zero attached hydrogens (tertiary/aromatic N) is 1. The number of carbonyl (C=O) groups is 2. The number of aryl methyl sites for hydroxylation is 1. The van der Waals surface area contributed by atoms with Crippen molar-refractivity contribution in [2.75, 3.05) is 20.2 Å². The number of aromatic amines is 1. The average Bonchev–Trinajstić information content (AvgIpc) is 3.26. The van der Waals surface area contributed by atoms with Crippen LogP contribution in [0, 0.1) is 6.92 Å². The quantitative estimate of drug-likeness (QED) is 0.572. The molecule has 0 unspecified atom stereocenters. The predicted octanol–water partition coefficient (Wildman–Crippen LogP) is 4.71. The fourth-order valence-electron chi connectivity index (χ4n) is 4.83. The second-order valence-corrected chi connectivity index (χ2v) is 8.65. The molecule has 1 aliphatic rings. The molecule has 2 atom stereocenters. The van der Waals surface area contributed by atoms with Gasteiger partial charge in [0, 0.05) is 36.1 Å². The molecule has 0 radical (unpaired) electrons. The van der Waals surface area contributed by atoms with Crippen molar-refractivity contribution in [3.05, 3.63) is 71.4 Å². The first-order valence-electron chi connectivity index (χ1n) is 11.2. The zero-order valence-corrected chi connectivity index (χ0v) is 18.9. The number of H-pyrrole nitrogens is 1. The Labute approximate surface area is 188 Å². The Hall–Kier alpha value is -3.28. The summed E-state index contributed by atoms with van der Waals surface area (Å²) in [7, 11) is 1.36. The first-order valence-corrected chi connectivity index (χ1v) is 11.2. The molecule has 1 saturated heterocycles. The number of ether oxygens (including phenoxy) is 1. The maximum atomic E-state index is 13.1. The molecule has 1 aromatic heterocycles. The van der Waals surface area contributed by atoms with Gasteiger partial charge in [-0.2, -0.15) is 0 Å². The SMILES string of the molecule is COC(=O)[C@H](NC(=O)N1CCC(c2ccccc2C)CC1)[C@@H](C)c1c[nH]c2ccccc12. The number of rotatable bonds is 5. The van der Waals surface area contributed by atoms with Crippen LogP contribution in [0.2, 0.25) is 0 Å². The van der Waals surface area contributed by atoms with Crippen LogP contribution in [0.4, 0.5) is 4.79 Å². The van der Waals surface area contributed by atoms with Crippen LogP contribution < -0.4 is 5.32 Å². The molecule has 2 heterocycles. The Balaban J connectivity index is 1.45. The second-order valence-electron chi connectivity index (χ2n) is 8.65. The molecule has 0 saturated carbocycles. The van der Waals surface area contributed by atoms with Gasteiger partial charge in [-0.05, 0) is 48.4 Å². The monoisotopic (exact) mass is 433 g/mol. The van der Waals surface area contributed by atoms with E-state index >= 15 is 0 Å². The van der Waals surface area contributed by atoms with Crippen LogP contribution in [0.25, 0.3) is 10.9 Å². The average molecular weight is 434 g/mol. The highest BCUT2D eigenvalue weighted by atomic mass is 16.5. The van der Waals surface area contributed by atoms with E-state index in [0.29, 0.717) is 19.0 Å². The highest BCUT2D eigenvalue weighted by Crippen LogP contribution is 2.31. The normalized spacial score (nSPS) is 16.5. The largest absolute Gasteiger partial charge is 0.467 e. The lowest BCUT2D eigenvalue weighted by atomic mass is 9.87.